The van der Waals surface area contributed by atoms with Crippen LogP contribution in [0.15, 0.2) is 12.3 Å². The first-order chi connectivity index (χ1) is 13.9. The van der Waals surface area contributed by atoms with E-state index in [9.17, 15) is 9.59 Å². The maximum atomic E-state index is 12.3. The number of carbonyl (C=O) groups excluding carboxylic acids is 2. The van der Waals surface area contributed by atoms with Gasteiger partial charge in [-0.15, -0.1) is 0 Å². The molecule has 0 aliphatic heterocycles. The lowest BCUT2D eigenvalue weighted by molar-refractivity contribution is -0.142. The van der Waals surface area contributed by atoms with Crippen molar-refractivity contribution in [2.24, 2.45) is 0 Å². The van der Waals surface area contributed by atoms with Gasteiger partial charge < -0.3 is 25.6 Å². The highest BCUT2D eigenvalue weighted by Crippen LogP contribution is 2.21. The first-order valence-corrected chi connectivity index (χ1v) is 11.2. The molecule has 0 aromatic carbocycles. The zero-order valence-electron chi connectivity index (χ0n) is 17.6. The number of hydrogen-bond acceptors (Lipinski definition) is 8. The van der Waals surface area contributed by atoms with E-state index in [-0.39, 0.29) is 18.1 Å². The summed E-state index contributed by atoms with van der Waals surface area (Å²) in [5.74, 6) is 1.84. The number of methoxy groups -OCH3 is 1. The average Bonchev–Trinajstić information content (AvgIpc) is 2.72. The van der Waals surface area contributed by atoms with Gasteiger partial charge in [-0.3, -0.25) is 0 Å². The lowest BCUT2D eigenvalue weighted by Crippen LogP contribution is -2.50. The third-order valence-corrected chi connectivity index (χ3v) is 5.54. The number of hydrogen-bond donors (Lipinski definition) is 3. The van der Waals surface area contributed by atoms with Gasteiger partial charge in [0.2, 0.25) is 5.95 Å². The quantitative estimate of drug-likeness (QED) is 0.516. The Kier molecular flexibility index (Phi) is 9.30. The molecule has 1 aliphatic rings. The van der Waals surface area contributed by atoms with Crippen molar-refractivity contribution in [3.8, 4) is 0 Å². The molecule has 0 saturated heterocycles. The van der Waals surface area contributed by atoms with Crippen molar-refractivity contribution in [1.82, 2.24) is 20.6 Å². The molecule has 0 unspecified atom stereocenters. The molecule has 10 heteroatoms. The van der Waals surface area contributed by atoms with Gasteiger partial charge in [-0.25, -0.2) is 14.6 Å². The standard InChI is InChI=1S/C19H32N6O3S/c1-25(2)16-9-11-20-18(24-16)21-13-5-7-14(8-6-13)22-19(27)23-15(10-12-29-4)17(26)28-3/h9,11,13-15H,5-8,10,12H2,1-4H3,(H,20,21,24)(H2,22,23,27)/t13?,14?,15-/m0/s1. The number of nitrogens with zero attached hydrogens (tertiary/aromatic N) is 3. The van der Waals surface area contributed by atoms with Gasteiger partial charge in [0.15, 0.2) is 0 Å². The molecule has 162 valence electrons. The van der Waals surface area contributed by atoms with Gasteiger partial charge in [-0.2, -0.15) is 16.7 Å². The Labute approximate surface area is 176 Å². The summed E-state index contributed by atoms with van der Waals surface area (Å²) >= 11 is 1.62. The Balaban J connectivity index is 1.77. The molecule has 0 radical (unpaired) electrons. The third-order valence-electron chi connectivity index (χ3n) is 4.90. The van der Waals surface area contributed by atoms with Gasteiger partial charge in [-0.05, 0) is 50.2 Å². The Morgan fingerprint density at radius 3 is 2.59 bits per heavy atom. The molecule has 0 spiro atoms. The summed E-state index contributed by atoms with van der Waals surface area (Å²) < 4.78 is 4.78. The second kappa shape index (κ2) is 11.7. The monoisotopic (exact) mass is 424 g/mol. The van der Waals surface area contributed by atoms with Crippen LogP contribution in [0.25, 0.3) is 0 Å². The molecule has 1 atom stereocenters. The lowest BCUT2D eigenvalue weighted by atomic mass is 9.91. The molecular weight excluding hydrogens is 392 g/mol. The topological polar surface area (TPSA) is 108 Å². The van der Waals surface area contributed by atoms with Crippen molar-refractivity contribution in [1.29, 1.82) is 0 Å². The van der Waals surface area contributed by atoms with Crippen LogP contribution in [0.5, 0.6) is 0 Å². The highest BCUT2D eigenvalue weighted by atomic mass is 32.2. The summed E-state index contributed by atoms with van der Waals surface area (Å²) in [5.41, 5.74) is 0. The average molecular weight is 425 g/mol. The zero-order chi connectivity index (χ0) is 21.2. The molecule has 1 aromatic rings. The summed E-state index contributed by atoms with van der Waals surface area (Å²) in [6.07, 6.45) is 7.78. The Morgan fingerprint density at radius 2 is 1.97 bits per heavy atom. The predicted molar refractivity (Wildman–Crippen MR) is 116 cm³/mol. The van der Waals surface area contributed by atoms with Crippen LogP contribution in [0.2, 0.25) is 0 Å². The first kappa shape index (κ1) is 23.1. The van der Waals surface area contributed by atoms with Gasteiger partial charge in [0.25, 0.3) is 0 Å². The molecule has 3 N–H and O–H groups in total. The van der Waals surface area contributed by atoms with E-state index >= 15 is 0 Å². The van der Waals surface area contributed by atoms with Gasteiger partial charge in [0.05, 0.1) is 7.11 Å². The van der Waals surface area contributed by atoms with Gasteiger partial charge >= 0.3 is 12.0 Å². The van der Waals surface area contributed by atoms with E-state index in [1.807, 2.05) is 31.3 Å². The van der Waals surface area contributed by atoms with Crippen LogP contribution in [0, 0.1) is 0 Å². The van der Waals surface area contributed by atoms with Crippen LogP contribution >= 0.6 is 11.8 Å². The van der Waals surface area contributed by atoms with Crippen LogP contribution in [0.4, 0.5) is 16.6 Å². The molecular formula is C19H32N6O3S. The van der Waals surface area contributed by atoms with Crippen molar-refractivity contribution in [2.75, 3.05) is 43.4 Å². The number of nitrogens with one attached hydrogen (secondary N) is 3. The van der Waals surface area contributed by atoms with E-state index in [0.717, 1.165) is 37.3 Å². The number of urea groups is 1. The SMILES string of the molecule is COC(=O)[C@H](CCSC)NC(=O)NC1CCC(Nc2nccc(N(C)C)n2)CC1. The van der Waals surface area contributed by atoms with Crippen molar-refractivity contribution in [3.05, 3.63) is 12.3 Å². The fourth-order valence-electron chi connectivity index (χ4n) is 3.24. The molecule has 1 aromatic heterocycles. The summed E-state index contributed by atoms with van der Waals surface area (Å²) in [4.78, 5) is 34.9. The summed E-state index contributed by atoms with van der Waals surface area (Å²) in [6, 6.07) is 1.29. The fraction of sp³-hybridized carbons (Fsp3) is 0.684. The minimum atomic E-state index is -0.619. The number of amides is 2. The van der Waals surface area contributed by atoms with Crippen molar-refractivity contribution in [3.63, 3.8) is 0 Å². The Bertz CT molecular complexity index is 667. The number of carbonyl (C=O) groups is 2. The maximum absolute atomic E-state index is 12.3. The third kappa shape index (κ3) is 7.60. The number of esters is 1. The van der Waals surface area contributed by atoms with Gasteiger partial charge in [0, 0.05) is 32.4 Å². The second-order valence-electron chi connectivity index (χ2n) is 7.30. The van der Waals surface area contributed by atoms with E-state index in [4.69, 9.17) is 4.74 Å². The molecule has 0 bridgehead atoms. The maximum Gasteiger partial charge on any atom is 0.328 e. The first-order valence-electron chi connectivity index (χ1n) is 9.83. The van der Waals surface area contributed by atoms with Crippen LogP contribution in [-0.2, 0) is 9.53 Å². The van der Waals surface area contributed by atoms with E-state index in [1.54, 1.807) is 18.0 Å². The van der Waals surface area contributed by atoms with E-state index in [1.165, 1.54) is 7.11 Å². The molecule has 9 nitrogen and oxygen atoms in total. The number of anilines is 2. The number of thioether (sulfide) groups is 1. The summed E-state index contributed by atoms with van der Waals surface area (Å²) in [6.45, 7) is 0. The molecule has 29 heavy (non-hydrogen) atoms. The molecule has 1 aliphatic carbocycles. The van der Waals surface area contributed by atoms with E-state index < -0.39 is 12.0 Å². The fourth-order valence-corrected chi connectivity index (χ4v) is 3.72. The largest absolute Gasteiger partial charge is 0.467 e. The van der Waals surface area contributed by atoms with Crippen molar-refractivity contribution < 1.29 is 14.3 Å². The number of aromatic nitrogens is 2. The summed E-state index contributed by atoms with van der Waals surface area (Å²) in [7, 11) is 5.22. The van der Waals surface area contributed by atoms with Gasteiger partial charge in [0.1, 0.15) is 11.9 Å². The highest BCUT2D eigenvalue weighted by molar-refractivity contribution is 7.98. The molecule has 2 rings (SSSR count). The Hall–Kier alpha value is -2.23. The number of ether oxygens (including phenoxy) is 1. The minimum absolute atomic E-state index is 0.0842. The highest BCUT2D eigenvalue weighted by Gasteiger charge is 2.25. The molecule has 1 saturated carbocycles. The van der Waals surface area contributed by atoms with Crippen LogP contribution < -0.4 is 20.9 Å². The zero-order valence-corrected chi connectivity index (χ0v) is 18.4. The molecule has 1 heterocycles. The number of rotatable bonds is 9. The summed E-state index contributed by atoms with van der Waals surface area (Å²) in [5, 5.41) is 9.11. The van der Waals surface area contributed by atoms with Crippen molar-refractivity contribution in [2.45, 2.75) is 50.2 Å². The van der Waals surface area contributed by atoms with Crippen LogP contribution in [0.1, 0.15) is 32.1 Å². The van der Waals surface area contributed by atoms with Gasteiger partial charge in [-0.1, -0.05) is 0 Å². The lowest BCUT2D eigenvalue weighted by Gasteiger charge is -2.30. The smallest absolute Gasteiger partial charge is 0.328 e. The minimum Gasteiger partial charge on any atom is -0.467 e. The normalized spacial score (nSPS) is 19.7. The van der Waals surface area contributed by atoms with E-state index in [0.29, 0.717) is 12.4 Å². The van der Waals surface area contributed by atoms with Crippen LogP contribution in [0.3, 0.4) is 0 Å². The predicted octanol–water partition coefficient (Wildman–Crippen LogP) is 1.86. The van der Waals surface area contributed by atoms with Crippen molar-refractivity contribution >= 4 is 35.5 Å². The Morgan fingerprint density at radius 1 is 1.28 bits per heavy atom. The molecule has 2 amide bonds. The molecule has 1 fully saturated rings. The van der Waals surface area contributed by atoms with E-state index in [2.05, 4.69) is 25.9 Å². The van der Waals surface area contributed by atoms with Crippen LogP contribution in [-0.4, -0.2) is 73.3 Å². The second-order valence-corrected chi connectivity index (χ2v) is 8.29.